The molecule has 0 unspecified atom stereocenters. The van der Waals surface area contributed by atoms with E-state index in [0.717, 1.165) is 0 Å². The van der Waals surface area contributed by atoms with Gasteiger partial charge < -0.3 is 4.74 Å². The van der Waals surface area contributed by atoms with Crippen LogP contribution in [0.1, 0.15) is 19.4 Å². The van der Waals surface area contributed by atoms with Crippen molar-refractivity contribution >= 4 is 15.9 Å². The molecule has 80 valence electrons. The number of hydrogen-bond acceptors (Lipinski definition) is 2. The van der Waals surface area contributed by atoms with Gasteiger partial charge in [-0.15, -0.1) is 0 Å². The first-order chi connectivity index (χ1) is 6.92. The molecule has 0 N–H and O–H groups in total. The first kappa shape index (κ1) is 12.0. The van der Waals surface area contributed by atoms with Crippen LogP contribution in [0.15, 0.2) is 16.6 Å². The maximum absolute atomic E-state index is 13.5. The van der Waals surface area contributed by atoms with Gasteiger partial charge in [-0.05, 0) is 47.5 Å². The van der Waals surface area contributed by atoms with E-state index in [1.165, 1.54) is 13.2 Å². The highest BCUT2D eigenvalue weighted by molar-refractivity contribution is 9.10. The van der Waals surface area contributed by atoms with Crippen LogP contribution in [0.3, 0.4) is 0 Å². The van der Waals surface area contributed by atoms with Gasteiger partial charge in [0.05, 0.1) is 23.1 Å². The Bertz CT molecular complexity index is 423. The zero-order valence-electron chi connectivity index (χ0n) is 8.77. The van der Waals surface area contributed by atoms with E-state index >= 15 is 0 Å². The van der Waals surface area contributed by atoms with Gasteiger partial charge in [0, 0.05) is 0 Å². The number of nitrogens with zero attached hydrogens (tertiary/aromatic N) is 1. The standard InChI is InChI=1S/C11H11BrFNO/c1-11(2,6-14)7-4-8(13)10(12)9(5-7)15-3/h4-5H,1-3H3. The van der Waals surface area contributed by atoms with Crippen molar-refractivity contribution in [3.63, 3.8) is 0 Å². The molecule has 0 saturated carbocycles. The van der Waals surface area contributed by atoms with Crippen molar-refractivity contribution in [2.45, 2.75) is 19.3 Å². The summed E-state index contributed by atoms with van der Waals surface area (Å²) in [4.78, 5) is 0. The van der Waals surface area contributed by atoms with Crippen LogP contribution >= 0.6 is 15.9 Å². The molecule has 0 aliphatic rings. The summed E-state index contributed by atoms with van der Waals surface area (Å²) in [7, 11) is 1.46. The van der Waals surface area contributed by atoms with Gasteiger partial charge in [-0.1, -0.05) is 0 Å². The van der Waals surface area contributed by atoms with Gasteiger partial charge in [0.1, 0.15) is 11.6 Å². The average molecular weight is 272 g/mol. The second-order valence-electron chi connectivity index (χ2n) is 3.71. The highest BCUT2D eigenvalue weighted by Gasteiger charge is 2.22. The van der Waals surface area contributed by atoms with Gasteiger partial charge in [-0.25, -0.2) is 4.39 Å². The Hall–Kier alpha value is -1.08. The van der Waals surface area contributed by atoms with E-state index < -0.39 is 11.2 Å². The summed E-state index contributed by atoms with van der Waals surface area (Å²) in [6, 6.07) is 5.12. The first-order valence-corrected chi connectivity index (χ1v) is 5.16. The zero-order valence-corrected chi connectivity index (χ0v) is 10.4. The molecule has 1 aromatic rings. The molecule has 0 amide bonds. The molecule has 0 spiro atoms. The maximum Gasteiger partial charge on any atom is 0.141 e. The maximum atomic E-state index is 13.5. The molecule has 1 rings (SSSR count). The Morgan fingerprint density at radius 2 is 2.07 bits per heavy atom. The lowest BCUT2D eigenvalue weighted by atomic mass is 9.86. The van der Waals surface area contributed by atoms with Crippen molar-refractivity contribution in [3.8, 4) is 11.8 Å². The summed E-state index contributed by atoms with van der Waals surface area (Å²) in [5.74, 6) is -0.0269. The van der Waals surface area contributed by atoms with E-state index in [9.17, 15) is 4.39 Å². The Kier molecular flexibility index (Phi) is 3.35. The number of methoxy groups -OCH3 is 1. The minimum absolute atomic E-state index is 0.280. The van der Waals surface area contributed by atoms with Crippen LogP contribution in [-0.2, 0) is 5.41 Å². The van der Waals surface area contributed by atoms with Crippen LogP contribution in [0.5, 0.6) is 5.75 Å². The highest BCUT2D eigenvalue weighted by Crippen LogP contribution is 2.33. The zero-order chi connectivity index (χ0) is 11.6. The quantitative estimate of drug-likeness (QED) is 0.826. The molecule has 0 aromatic heterocycles. The highest BCUT2D eigenvalue weighted by atomic mass is 79.9. The van der Waals surface area contributed by atoms with Crippen LogP contribution in [0.2, 0.25) is 0 Å². The molecule has 2 nitrogen and oxygen atoms in total. The predicted octanol–water partition coefficient (Wildman–Crippen LogP) is 3.40. The molecule has 4 heteroatoms. The van der Waals surface area contributed by atoms with Crippen LogP contribution in [0.4, 0.5) is 4.39 Å². The molecule has 0 heterocycles. The second-order valence-corrected chi connectivity index (χ2v) is 4.50. The minimum Gasteiger partial charge on any atom is -0.495 e. The number of nitriles is 1. The number of halogens is 2. The van der Waals surface area contributed by atoms with Gasteiger partial charge in [0.2, 0.25) is 0 Å². The SMILES string of the molecule is COc1cc(C(C)(C)C#N)cc(F)c1Br. The van der Waals surface area contributed by atoms with E-state index in [0.29, 0.717) is 11.3 Å². The van der Waals surface area contributed by atoms with Crippen LogP contribution < -0.4 is 4.74 Å². The summed E-state index contributed by atoms with van der Waals surface area (Å²) >= 11 is 3.08. The number of ether oxygens (including phenoxy) is 1. The van der Waals surface area contributed by atoms with Crippen molar-refractivity contribution in [3.05, 3.63) is 28.0 Å². The lowest BCUT2D eigenvalue weighted by Crippen LogP contribution is -2.14. The molecule has 0 aliphatic carbocycles. The van der Waals surface area contributed by atoms with Crippen molar-refractivity contribution in [2.24, 2.45) is 0 Å². The Balaban J connectivity index is 3.36. The van der Waals surface area contributed by atoms with Gasteiger partial charge in [-0.2, -0.15) is 5.26 Å². The van der Waals surface area contributed by atoms with Crippen LogP contribution in [0.25, 0.3) is 0 Å². The summed E-state index contributed by atoms with van der Waals surface area (Å²) in [6.07, 6.45) is 0. The average Bonchev–Trinajstić information content (AvgIpc) is 2.21. The third-order valence-electron chi connectivity index (χ3n) is 2.22. The molecule has 0 atom stereocenters. The Morgan fingerprint density at radius 3 is 2.53 bits per heavy atom. The first-order valence-electron chi connectivity index (χ1n) is 4.37. The molecule has 0 radical (unpaired) electrons. The smallest absolute Gasteiger partial charge is 0.141 e. The van der Waals surface area contributed by atoms with Gasteiger partial charge in [-0.3, -0.25) is 0 Å². The number of benzene rings is 1. The van der Waals surface area contributed by atoms with E-state index in [1.54, 1.807) is 19.9 Å². The second kappa shape index (κ2) is 4.19. The molecular formula is C11H11BrFNO. The predicted molar refractivity (Wildman–Crippen MR) is 59.3 cm³/mol. The fourth-order valence-electron chi connectivity index (χ4n) is 1.14. The van der Waals surface area contributed by atoms with E-state index in [2.05, 4.69) is 22.0 Å². The molecule has 0 aliphatic heterocycles. The van der Waals surface area contributed by atoms with E-state index in [4.69, 9.17) is 10.00 Å². The van der Waals surface area contributed by atoms with Crippen molar-refractivity contribution in [1.29, 1.82) is 5.26 Å². The normalized spacial score (nSPS) is 10.9. The minimum atomic E-state index is -0.727. The topological polar surface area (TPSA) is 33.0 Å². The Labute approximate surface area is 96.8 Å². The Morgan fingerprint density at radius 1 is 1.47 bits per heavy atom. The van der Waals surface area contributed by atoms with Gasteiger partial charge in [0.25, 0.3) is 0 Å². The largest absolute Gasteiger partial charge is 0.495 e. The molecule has 15 heavy (non-hydrogen) atoms. The van der Waals surface area contributed by atoms with Crippen molar-refractivity contribution in [2.75, 3.05) is 7.11 Å². The van der Waals surface area contributed by atoms with Crippen molar-refractivity contribution < 1.29 is 9.13 Å². The van der Waals surface area contributed by atoms with E-state index in [-0.39, 0.29) is 4.47 Å². The number of hydrogen-bond donors (Lipinski definition) is 0. The molecule has 0 fully saturated rings. The molecule has 0 saturated heterocycles. The van der Waals surface area contributed by atoms with Gasteiger partial charge in [0.15, 0.2) is 0 Å². The third-order valence-corrected chi connectivity index (χ3v) is 2.99. The lowest BCUT2D eigenvalue weighted by molar-refractivity contribution is 0.406. The molecular weight excluding hydrogens is 261 g/mol. The van der Waals surface area contributed by atoms with E-state index in [1.807, 2.05) is 0 Å². The fraction of sp³-hybridized carbons (Fsp3) is 0.364. The molecule has 0 bridgehead atoms. The summed E-state index contributed by atoms with van der Waals surface area (Å²) in [5, 5.41) is 8.95. The third kappa shape index (κ3) is 2.29. The van der Waals surface area contributed by atoms with Crippen molar-refractivity contribution in [1.82, 2.24) is 0 Å². The fourth-order valence-corrected chi connectivity index (χ4v) is 1.53. The summed E-state index contributed by atoms with van der Waals surface area (Å²) < 4.78 is 18.7. The number of rotatable bonds is 2. The monoisotopic (exact) mass is 271 g/mol. The summed E-state index contributed by atoms with van der Waals surface area (Å²) in [6.45, 7) is 3.46. The summed E-state index contributed by atoms with van der Waals surface area (Å²) in [5.41, 5.74) is -0.128. The van der Waals surface area contributed by atoms with Gasteiger partial charge >= 0.3 is 0 Å². The van der Waals surface area contributed by atoms with Crippen LogP contribution in [0, 0.1) is 17.1 Å². The molecule has 1 aromatic carbocycles. The van der Waals surface area contributed by atoms with Crippen LogP contribution in [-0.4, -0.2) is 7.11 Å². The lowest BCUT2D eigenvalue weighted by Gasteiger charge is -2.17.